The third-order valence-corrected chi connectivity index (χ3v) is 6.20. The first-order valence-corrected chi connectivity index (χ1v) is 11.8. The van der Waals surface area contributed by atoms with Gasteiger partial charge >= 0.3 is 0 Å². The number of benzene rings is 2. The maximum Gasteiger partial charge on any atom is 0.255 e. The highest BCUT2D eigenvalue weighted by Crippen LogP contribution is 2.28. The summed E-state index contributed by atoms with van der Waals surface area (Å²) < 4.78 is 0. The Morgan fingerprint density at radius 1 is 0.969 bits per heavy atom. The molecular weight excluding hydrogens is 398 g/mol. The Kier molecular flexibility index (Phi) is 7.60. The van der Waals surface area contributed by atoms with E-state index in [9.17, 15) is 9.59 Å². The van der Waals surface area contributed by atoms with Crippen molar-refractivity contribution in [1.82, 2.24) is 5.32 Å². The van der Waals surface area contributed by atoms with Gasteiger partial charge in [0.25, 0.3) is 11.8 Å². The van der Waals surface area contributed by atoms with Crippen LogP contribution in [0.4, 0.5) is 11.4 Å². The zero-order chi connectivity index (χ0) is 23.3. The highest BCUT2D eigenvalue weighted by atomic mass is 16.2. The second-order valence-electron chi connectivity index (χ2n) is 9.84. The summed E-state index contributed by atoms with van der Waals surface area (Å²) in [5, 5.41) is 6.05. The zero-order valence-corrected chi connectivity index (χ0v) is 20.1. The Morgan fingerprint density at radius 2 is 1.62 bits per heavy atom. The molecule has 2 amide bonds. The molecule has 0 aromatic heterocycles. The van der Waals surface area contributed by atoms with Crippen molar-refractivity contribution >= 4 is 23.2 Å². The lowest BCUT2D eigenvalue weighted by atomic mass is 9.87. The van der Waals surface area contributed by atoms with Gasteiger partial charge in [0.15, 0.2) is 0 Å². The van der Waals surface area contributed by atoms with E-state index in [-0.39, 0.29) is 23.3 Å². The number of rotatable bonds is 6. The summed E-state index contributed by atoms with van der Waals surface area (Å²) in [6, 6.07) is 13.5. The molecule has 2 aromatic rings. The summed E-state index contributed by atoms with van der Waals surface area (Å²) in [7, 11) is 0. The largest absolute Gasteiger partial charge is 0.371 e. The van der Waals surface area contributed by atoms with Crippen molar-refractivity contribution < 1.29 is 9.59 Å². The molecule has 2 aromatic carbocycles. The first-order chi connectivity index (χ1) is 15.2. The van der Waals surface area contributed by atoms with E-state index in [1.807, 2.05) is 49.4 Å². The third-order valence-electron chi connectivity index (χ3n) is 6.20. The van der Waals surface area contributed by atoms with E-state index in [2.05, 4.69) is 43.2 Å². The molecule has 5 nitrogen and oxygen atoms in total. The molecule has 1 saturated heterocycles. The van der Waals surface area contributed by atoms with Crippen molar-refractivity contribution in [2.45, 2.75) is 71.8 Å². The van der Waals surface area contributed by atoms with E-state index >= 15 is 0 Å². The number of carbonyl (C=O) groups is 2. The number of hydrogen-bond acceptors (Lipinski definition) is 3. The summed E-state index contributed by atoms with van der Waals surface area (Å²) in [6.07, 6.45) is 4.36. The fourth-order valence-corrected chi connectivity index (χ4v) is 3.93. The van der Waals surface area contributed by atoms with E-state index in [4.69, 9.17) is 0 Å². The maximum absolute atomic E-state index is 13.1. The van der Waals surface area contributed by atoms with Crippen LogP contribution in [0.2, 0.25) is 0 Å². The molecular formula is C27H37N3O2. The van der Waals surface area contributed by atoms with Crippen LogP contribution >= 0.6 is 0 Å². The van der Waals surface area contributed by atoms with E-state index in [1.54, 1.807) is 0 Å². The van der Waals surface area contributed by atoms with E-state index in [0.717, 1.165) is 38.0 Å². The van der Waals surface area contributed by atoms with Crippen molar-refractivity contribution in [3.63, 3.8) is 0 Å². The van der Waals surface area contributed by atoms with Gasteiger partial charge in [0, 0.05) is 36.1 Å². The first-order valence-electron chi connectivity index (χ1n) is 11.8. The lowest BCUT2D eigenvalue weighted by Gasteiger charge is -2.31. The maximum atomic E-state index is 13.1. The smallest absolute Gasteiger partial charge is 0.255 e. The molecule has 1 heterocycles. The van der Waals surface area contributed by atoms with Crippen LogP contribution in [0, 0.1) is 0 Å². The van der Waals surface area contributed by atoms with Gasteiger partial charge < -0.3 is 15.5 Å². The number of hydrogen-bond donors (Lipinski definition) is 2. The van der Waals surface area contributed by atoms with Gasteiger partial charge in [-0.25, -0.2) is 0 Å². The van der Waals surface area contributed by atoms with E-state index in [1.165, 1.54) is 12.0 Å². The van der Waals surface area contributed by atoms with Crippen molar-refractivity contribution in [2.24, 2.45) is 0 Å². The Morgan fingerprint density at radius 3 is 2.22 bits per heavy atom. The quantitative estimate of drug-likeness (QED) is 0.607. The van der Waals surface area contributed by atoms with Crippen LogP contribution < -0.4 is 15.5 Å². The van der Waals surface area contributed by atoms with Crippen LogP contribution in [0.25, 0.3) is 0 Å². The van der Waals surface area contributed by atoms with Crippen LogP contribution in [0.15, 0.2) is 42.5 Å². The number of anilines is 2. The highest BCUT2D eigenvalue weighted by molar-refractivity contribution is 6.06. The van der Waals surface area contributed by atoms with Gasteiger partial charge in [-0.2, -0.15) is 0 Å². The van der Waals surface area contributed by atoms with Crippen LogP contribution in [-0.2, 0) is 5.41 Å². The SMILES string of the molecule is CCC(C)NC(=O)c1cc(NC(=O)c2ccc(C(C)(C)C)cc2)ccc1N1CCCCC1. The minimum atomic E-state index is -0.176. The number of amides is 2. The lowest BCUT2D eigenvalue weighted by molar-refractivity contribution is 0.0938. The molecule has 1 fully saturated rings. The van der Waals surface area contributed by atoms with E-state index in [0.29, 0.717) is 16.8 Å². The van der Waals surface area contributed by atoms with Gasteiger partial charge in [-0.05, 0) is 73.9 Å². The predicted molar refractivity (Wildman–Crippen MR) is 133 cm³/mol. The van der Waals surface area contributed by atoms with Gasteiger partial charge in [-0.1, -0.05) is 39.8 Å². The first kappa shape index (κ1) is 23.8. The molecule has 172 valence electrons. The fourth-order valence-electron chi connectivity index (χ4n) is 3.93. The molecule has 0 radical (unpaired) electrons. The summed E-state index contributed by atoms with van der Waals surface area (Å²) in [6.45, 7) is 12.4. The molecule has 1 aliphatic rings. The van der Waals surface area contributed by atoms with Crippen molar-refractivity contribution in [3.05, 3.63) is 59.2 Å². The second kappa shape index (κ2) is 10.2. The summed E-state index contributed by atoms with van der Waals surface area (Å²) in [4.78, 5) is 28.2. The van der Waals surface area contributed by atoms with Crippen LogP contribution in [0.1, 0.15) is 86.6 Å². The average Bonchev–Trinajstić information content (AvgIpc) is 2.79. The summed E-state index contributed by atoms with van der Waals surface area (Å²) in [5.41, 5.74) is 4.01. The van der Waals surface area contributed by atoms with Crippen LogP contribution in [0.3, 0.4) is 0 Å². The highest BCUT2D eigenvalue weighted by Gasteiger charge is 2.21. The molecule has 1 unspecified atom stereocenters. The predicted octanol–water partition coefficient (Wildman–Crippen LogP) is 5.76. The molecule has 0 bridgehead atoms. The molecule has 0 saturated carbocycles. The monoisotopic (exact) mass is 435 g/mol. The molecule has 0 spiro atoms. The third kappa shape index (κ3) is 5.90. The average molecular weight is 436 g/mol. The van der Waals surface area contributed by atoms with Crippen molar-refractivity contribution in [2.75, 3.05) is 23.3 Å². The topological polar surface area (TPSA) is 61.4 Å². The Bertz CT molecular complexity index is 938. The van der Waals surface area contributed by atoms with Crippen LogP contribution in [0.5, 0.6) is 0 Å². The number of carbonyl (C=O) groups excluding carboxylic acids is 2. The van der Waals surface area contributed by atoms with Gasteiger partial charge in [-0.3, -0.25) is 9.59 Å². The lowest BCUT2D eigenvalue weighted by Crippen LogP contribution is -2.35. The Balaban J connectivity index is 1.84. The van der Waals surface area contributed by atoms with Gasteiger partial charge in [0.1, 0.15) is 0 Å². The van der Waals surface area contributed by atoms with Crippen LogP contribution in [-0.4, -0.2) is 30.9 Å². The minimum Gasteiger partial charge on any atom is -0.371 e. The molecule has 1 atom stereocenters. The molecule has 3 rings (SSSR count). The number of nitrogens with one attached hydrogen (secondary N) is 2. The van der Waals surface area contributed by atoms with Gasteiger partial charge in [0.05, 0.1) is 5.56 Å². The van der Waals surface area contributed by atoms with Crippen molar-refractivity contribution in [3.8, 4) is 0 Å². The Labute approximate surface area is 192 Å². The standard InChI is InChI=1S/C27H37N3O2/c1-6-19(2)28-26(32)23-18-22(14-15-24(23)30-16-8-7-9-17-30)29-25(31)20-10-12-21(13-11-20)27(3,4)5/h10-15,18-19H,6-9,16-17H2,1-5H3,(H,28,32)(H,29,31). The second-order valence-corrected chi connectivity index (χ2v) is 9.84. The van der Waals surface area contributed by atoms with E-state index < -0.39 is 0 Å². The minimum absolute atomic E-state index is 0.0389. The summed E-state index contributed by atoms with van der Waals surface area (Å²) >= 11 is 0. The van der Waals surface area contributed by atoms with Crippen molar-refractivity contribution in [1.29, 1.82) is 0 Å². The summed E-state index contributed by atoms with van der Waals surface area (Å²) in [5.74, 6) is -0.269. The fraction of sp³-hybridized carbons (Fsp3) is 0.481. The Hall–Kier alpha value is -2.82. The zero-order valence-electron chi connectivity index (χ0n) is 20.1. The normalized spacial score (nSPS) is 15.2. The molecule has 0 aliphatic carbocycles. The molecule has 32 heavy (non-hydrogen) atoms. The van der Waals surface area contributed by atoms with Gasteiger partial charge in [-0.15, -0.1) is 0 Å². The van der Waals surface area contributed by atoms with Gasteiger partial charge in [0.2, 0.25) is 0 Å². The molecule has 5 heteroatoms. The number of piperidine rings is 1. The molecule has 2 N–H and O–H groups in total. The molecule has 1 aliphatic heterocycles. The number of nitrogens with zero attached hydrogens (tertiary/aromatic N) is 1.